The normalized spacial score (nSPS) is 40.2. The lowest BCUT2D eigenvalue weighted by atomic mass is 9.48. The van der Waals surface area contributed by atoms with Crippen molar-refractivity contribution in [1.82, 2.24) is 4.98 Å². The molecule has 3 heteroatoms. The Morgan fingerprint density at radius 1 is 1.25 bits per heavy atom. The molecule has 0 radical (unpaired) electrons. The first-order chi connectivity index (χ1) is 9.60. The van der Waals surface area contributed by atoms with Gasteiger partial charge in [-0.3, -0.25) is 0 Å². The summed E-state index contributed by atoms with van der Waals surface area (Å²) in [4.78, 5) is 4.58. The Balaban J connectivity index is 1.43. The van der Waals surface area contributed by atoms with Crippen LogP contribution in [0.15, 0.2) is 5.38 Å². The smallest absolute Gasteiger partial charge is 0.0897 e. The van der Waals surface area contributed by atoms with Crippen LogP contribution in [-0.2, 0) is 6.42 Å². The van der Waals surface area contributed by atoms with Crippen LogP contribution < -0.4 is 5.73 Å². The molecule has 4 fully saturated rings. The van der Waals surface area contributed by atoms with Crippen molar-refractivity contribution in [3.05, 3.63) is 16.1 Å². The molecule has 2 nitrogen and oxygen atoms in total. The highest BCUT2D eigenvalue weighted by molar-refractivity contribution is 7.09. The zero-order valence-electron chi connectivity index (χ0n) is 12.5. The van der Waals surface area contributed by atoms with Gasteiger partial charge in [0, 0.05) is 17.8 Å². The Labute approximate surface area is 126 Å². The van der Waals surface area contributed by atoms with E-state index in [9.17, 15) is 0 Å². The number of hydrogen-bond donors (Lipinski definition) is 1. The van der Waals surface area contributed by atoms with Gasteiger partial charge in [-0.2, -0.15) is 0 Å². The van der Waals surface area contributed by atoms with Crippen LogP contribution in [0.2, 0.25) is 0 Å². The molecule has 4 aliphatic rings. The van der Waals surface area contributed by atoms with Crippen molar-refractivity contribution >= 4 is 11.3 Å². The molecule has 20 heavy (non-hydrogen) atoms. The molecule has 0 spiro atoms. The Morgan fingerprint density at radius 2 is 1.85 bits per heavy atom. The minimum Gasteiger partial charge on any atom is -0.327 e. The van der Waals surface area contributed by atoms with Gasteiger partial charge >= 0.3 is 0 Å². The number of hydrogen-bond acceptors (Lipinski definition) is 3. The molecule has 0 aromatic carbocycles. The van der Waals surface area contributed by atoms with E-state index in [1.54, 1.807) is 11.3 Å². The summed E-state index contributed by atoms with van der Waals surface area (Å²) in [5.74, 6) is 3.11. The van der Waals surface area contributed by atoms with Crippen molar-refractivity contribution in [1.29, 1.82) is 0 Å². The molecule has 0 aliphatic heterocycles. The van der Waals surface area contributed by atoms with Gasteiger partial charge in [0.2, 0.25) is 0 Å². The molecule has 4 saturated carbocycles. The highest BCUT2D eigenvalue weighted by Crippen LogP contribution is 2.61. The minimum atomic E-state index is 0.313. The summed E-state index contributed by atoms with van der Waals surface area (Å²) >= 11 is 1.75. The topological polar surface area (TPSA) is 38.9 Å². The number of aromatic nitrogens is 1. The number of aryl methyl sites for hydroxylation is 1. The first-order valence-corrected chi connectivity index (χ1v) is 9.15. The quantitative estimate of drug-likeness (QED) is 0.912. The van der Waals surface area contributed by atoms with E-state index in [0.717, 1.165) is 24.2 Å². The molecular formula is C17H26N2S. The molecule has 1 aromatic heterocycles. The van der Waals surface area contributed by atoms with E-state index in [4.69, 9.17) is 5.73 Å². The first kappa shape index (κ1) is 13.3. The maximum Gasteiger partial charge on any atom is 0.0897 e. The van der Waals surface area contributed by atoms with E-state index in [0.29, 0.717) is 11.5 Å². The summed E-state index contributed by atoms with van der Waals surface area (Å²) < 4.78 is 0. The lowest BCUT2D eigenvalue weighted by Crippen LogP contribution is -2.48. The molecule has 0 saturated heterocycles. The van der Waals surface area contributed by atoms with Crippen molar-refractivity contribution in [2.75, 3.05) is 0 Å². The molecule has 0 amide bonds. The first-order valence-electron chi connectivity index (χ1n) is 8.27. The third-order valence-corrected chi connectivity index (χ3v) is 6.82. The van der Waals surface area contributed by atoms with Gasteiger partial charge in [0.15, 0.2) is 0 Å². The van der Waals surface area contributed by atoms with Gasteiger partial charge in [-0.25, -0.2) is 4.98 Å². The van der Waals surface area contributed by atoms with Gasteiger partial charge in [-0.05, 0) is 75.0 Å². The van der Waals surface area contributed by atoms with Gasteiger partial charge < -0.3 is 5.73 Å². The zero-order valence-corrected chi connectivity index (χ0v) is 13.3. The second-order valence-corrected chi connectivity index (χ2v) is 9.01. The van der Waals surface area contributed by atoms with Gasteiger partial charge in [0.25, 0.3) is 0 Å². The maximum absolute atomic E-state index is 6.50. The van der Waals surface area contributed by atoms with Crippen LogP contribution in [0.5, 0.6) is 0 Å². The molecule has 110 valence electrons. The molecular weight excluding hydrogens is 264 g/mol. The highest BCUT2D eigenvalue weighted by atomic mass is 32.1. The molecule has 1 atom stereocenters. The molecule has 2 N–H and O–H groups in total. The SMILES string of the molecule is Cc1nc(CC(N)CC23CC4CC(CC(C4)C2)C3)cs1. The highest BCUT2D eigenvalue weighted by Gasteiger charge is 2.50. The fourth-order valence-corrected chi connectivity index (χ4v) is 6.56. The van der Waals surface area contributed by atoms with Gasteiger partial charge in [0.1, 0.15) is 0 Å². The second-order valence-electron chi connectivity index (χ2n) is 7.94. The maximum atomic E-state index is 6.50. The lowest BCUT2D eigenvalue weighted by Gasteiger charge is -2.57. The summed E-state index contributed by atoms with van der Waals surface area (Å²) in [6, 6.07) is 0.313. The molecule has 1 unspecified atom stereocenters. The third-order valence-electron chi connectivity index (χ3n) is 6.00. The van der Waals surface area contributed by atoms with Crippen molar-refractivity contribution in [3.63, 3.8) is 0 Å². The number of nitrogens with zero attached hydrogens (tertiary/aromatic N) is 1. The van der Waals surface area contributed by atoms with Crippen LogP contribution in [0, 0.1) is 30.1 Å². The van der Waals surface area contributed by atoms with Crippen LogP contribution in [-0.4, -0.2) is 11.0 Å². The van der Waals surface area contributed by atoms with E-state index < -0.39 is 0 Å². The average molecular weight is 290 g/mol. The van der Waals surface area contributed by atoms with Gasteiger partial charge in [-0.15, -0.1) is 11.3 Å². The zero-order chi connectivity index (χ0) is 13.7. The Morgan fingerprint density at radius 3 is 2.35 bits per heavy atom. The summed E-state index contributed by atoms with van der Waals surface area (Å²) in [7, 11) is 0. The van der Waals surface area contributed by atoms with E-state index in [-0.39, 0.29) is 0 Å². The number of nitrogens with two attached hydrogens (primary N) is 1. The Bertz CT molecular complexity index is 458. The fraction of sp³-hybridized carbons (Fsp3) is 0.824. The van der Waals surface area contributed by atoms with Crippen molar-refractivity contribution in [3.8, 4) is 0 Å². The Kier molecular flexibility index (Phi) is 3.19. The predicted octanol–water partition coefficient (Wildman–Crippen LogP) is 3.93. The summed E-state index contributed by atoms with van der Waals surface area (Å²) in [6.45, 7) is 2.08. The summed E-state index contributed by atoms with van der Waals surface area (Å²) in [5, 5.41) is 3.36. The van der Waals surface area contributed by atoms with E-state index in [1.807, 2.05) is 0 Å². The third kappa shape index (κ3) is 2.43. The monoisotopic (exact) mass is 290 g/mol. The van der Waals surface area contributed by atoms with Crippen LogP contribution in [0.4, 0.5) is 0 Å². The van der Waals surface area contributed by atoms with Crippen LogP contribution in [0.3, 0.4) is 0 Å². The van der Waals surface area contributed by atoms with Crippen LogP contribution in [0.1, 0.15) is 55.6 Å². The van der Waals surface area contributed by atoms with Crippen LogP contribution >= 0.6 is 11.3 Å². The van der Waals surface area contributed by atoms with E-state index in [2.05, 4.69) is 17.3 Å². The van der Waals surface area contributed by atoms with Crippen molar-refractivity contribution < 1.29 is 0 Å². The van der Waals surface area contributed by atoms with E-state index in [1.165, 1.54) is 55.6 Å². The van der Waals surface area contributed by atoms with Gasteiger partial charge in [0.05, 0.1) is 10.7 Å². The minimum absolute atomic E-state index is 0.313. The summed E-state index contributed by atoms with van der Waals surface area (Å²) in [6.07, 6.45) is 11.2. The average Bonchev–Trinajstić information content (AvgIpc) is 2.71. The predicted molar refractivity (Wildman–Crippen MR) is 83.8 cm³/mol. The Hall–Kier alpha value is -0.410. The fourth-order valence-electron chi connectivity index (χ4n) is 5.94. The lowest BCUT2D eigenvalue weighted by molar-refractivity contribution is -0.0603. The van der Waals surface area contributed by atoms with E-state index >= 15 is 0 Å². The molecule has 4 aliphatic carbocycles. The van der Waals surface area contributed by atoms with Gasteiger partial charge in [-0.1, -0.05) is 0 Å². The number of rotatable bonds is 4. The molecule has 4 bridgehead atoms. The molecule has 1 aromatic rings. The standard InChI is InChI=1S/C17H26N2S/c1-11-19-16(10-20-11)5-15(18)9-17-6-12-2-13(7-17)4-14(3-12)8-17/h10,12-15H,2-9,18H2,1H3. The number of thiazole rings is 1. The largest absolute Gasteiger partial charge is 0.327 e. The molecule has 5 rings (SSSR count). The van der Waals surface area contributed by atoms with Crippen LogP contribution in [0.25, 0.3) is 0 Å². The van der Waals surface area contributed by atoms with Crippen molar-refractivity contribution in [2.24, 2.45) is 28.9 Å². The van der Waals surface area contributed by atoms with Crippen molar-refractivity contribution in [2.45, 2.75) is 64.3 Å². The summed E-state index contributed by atoms with van der Waals surface area (Å²) in [5.41, 5.74) is 8.32. The second kappa shape index (κ2) is 4.81. The molecule has 1 heterocycles.